The van der Waals surface area contributed by atoms with Gasteiger partial charge in [0.1, 0.15) is 0 Å². The number of ketones is 2. The van der Waals surface area contributed by atoms with E-state index < -0.39 is 21.4 Å². The van der Waals surface area contributed by atoms with Crippen LogP contribution in [-0.4, -0.2) is 25.7 Å². The van der Waals surface area contributed by atoms with Gasteiger partial charge in [0.25, 0.3) is 0 Å². The fraction of sp³-hybridized carbons (Fsp3) is 0.222. The summed E-state index contributed by atoms with van der Waals surface area (Å²) in [6, 6.07) is 7.52. The van der Waals surface area contributed by atoms with Crippen LogP contribution in [0.5, 0.6) is 0 Å². The Bertz CT molecular complexity index is 1020. The molecule has 0 unspecified atom stereocenters. The van der Waals surface area contributed by atoms with Crippen molar-refractivity contribution in [2.75, 3.05) is 17.2 Å². The molecular formula is C18H18N2O4S. The van der Waals surface area contributed by atoms with Crippen LogP contribution in [0.15, 0.2) is 35.2 Å². The van der Waals surface area contributed by atoms with Gasteiger partial charge in [0.05, 0.1) is 27.5 Å². The first-order valence-electron chi connectivity index (χ1n) is 7.78. The summed E-state index contributed by atoms with van der Waals surface area (Å²) in [7, 11) is -3.73. The predicted molar refractivity (Wildman–Crippen MR) is 95.5 cm³/mol. The average molecular weight is 358 g/mol. The molecule has 1 aliphatic rings. The number of fused-ring (bicyclic) bond motifs is 2. The van der Waals surface area contributed by atoms with Crippen LogP contribution >= 0.6 is 0 Å². The first-order chi connectivity index (χ1) is 11.6. The second-order valence-electron chi connectivity index (χ2n) is 6.51. The van der Waals surface area contributed by atoms with Crippen molar-refractivity contribution in [1.82, 2.24) is 0 Å². The molecule has 0 aromatic heterocycles. The van der Waals surface area contributed by atoms with E-state index in [0.29, 0.717) is 0 Å². The second kappa shape index (κ2) is 5.70. The number of benzene rings is 2. The fourth-order valence-electron chi connectivity index (χ4n) is 3.11. The molecule has 4 N–H and O–H groups in total. The third kappa shape index (κ3) is 2.60. The number of anilines is 2. The molecule has 25 heavy (non-hydrogen) atoms. The van der Waals surface area contributed by atoms with E-state index in [1.54, 1.807) is 26.0 Å². The molecule has 0 saturated carbocycles. The second-order valence-corrected chi connectivity index (χ2v) is 8.51. The summed E-state index contributed by atoms with van der Waals surface area (Å²) < 4.78 is 25.2. The number of carbonyl (C=O) groups excluding carboxylic acids is 2. The van der Waals surface area contributed by atoms with E-state index in [-0.39, 0.29) is 50.2 Å². The van der Waals surface area contributed by atoms with E-state index in [2.05, 4.69) is 0 Å². The van der Waals surface area contributed by atoms with E-state index >= 15 is 0 Å². The molecule has 0 saturated heterocycles. The lowest BCUT2D eigenvalue weighted by molar-refractivity contribution is 0.0980. The summed E-state index contributed by atoms with van der Waals surface area (Å²) in [6.07, 6.45) is 0. The molecule has 0 fully saturated rings. The van der Waals surface area contributed by atoms with Gasteiger partial charge < -0.3 is 11.5 Å². The zero-order chi connectivity index (χ0) is 18.5. The fourth-order valence-corrected chi connectivity index (χ4v) is 4.91. The van der Waals surface area contributed by atoms with Crippen LogP contribution in [0.4, 0.5) is 11.4 Å². The number of nitrogens with two attached hydrogens (primary N) is 2. The third-order valence-electron chi connectivity index (χ3n) is 4.12. The Labute approximate surface area is 145 Å². The van der Waals surface area contributed by atoms with Gasteiger partial charge in [0.15, 0.2) is 21.4 Å². The van der Waals surface area contributed by atoms with Gasteiger partial charge in [-0.15, -0.1) is 0 Å². The van der Waals surface area contributed by atoms with Crippen molar-refractivity contribution in [1.29, 1.82) is 0 Å². The Morgan fingerprint density at radius 1 is 0.960 bits per heavy atom. The number of sulfone groups is 1. The minimum Gasteiger partial charge on any atom is -0.398 e. The van der Waals surface area contributed by atoms with Crippen molar-refractivity contribution in [3.8, 4) is 0 Å². The number of hydrogen-bond acceptors (Lipinski definition) is 6. The molecular weight excluding hydrogens is 340 g/mol. The topological polar surface area (TPSA) is 120 Å². The lowest BCUT2D eigenvalue weighted by Crippen LogP contribution is -2.25. The summed E-state index contributed by atoms with van der Waals surface area (Å²) in [5.41, 5.74) is 12.0. The molecule has 130 valence electrons. The van der Waals surface area contributed by atoms with Crippen LogP contribution < -0.4 is 11.5 Å². The summed E-state index contributed by atoms with van der Waals surface area (Å²) in [6.45, 7) is 3.53. The molecule has 3 rings (SSSR count). The highest BCUT2D eigenvalue weighted by Crippen LogP contribution is 2.38. The summed E-state index contributed by atoms with van der Waals surface area (Å²) in [5.74, 6) is -1.17. The van der Waals surface area contributed by atoms with Crippen LogP contribution in [0.2, 0.25) is 0 Å². The van der Waals surface area contributed by atoms with Crippen LogP contribution in [0.1, 0.15) is 45.7 Å². The van der Waals surface area contributed by atoms with Gasteiger partial charge in [-0.1, -0.05) is 38.1 Å². The van der Waals surface area contributed by atoms with Crippen LogP contribution in [0, 0.1) is 5.92 Å². The molecule has 0 aliphatic heterocycles. The van der Waals surface area contributed by atoms with Crippen molar-refractivity contribution in [2.24, 2.45) is 5.92 Å². The Morgan fingerprint density at radius 2 is 1.48 bits per heavy atom. The molecule has 0 spiro atoms. The van der Waals surface area contributed by atoms with E-state index in [0.717, 1.165) is 0 Å². The largest absolute Gasteiger partial charge is 0.398 e. The summed E-state index contributed by atoms with van der Waals surface area (Å²) in [4.78, 5) is 25.4. The lowest BCUT2D eigenvalue weighted by atomic mass is 9.82. The average Bonchev–Trinajstić information content (AvgIpc) is 2.53. The van der Waals surface area contributed by atoms with Gasteiger partial charge in [-0.25, -0.2) is 8.42 Å². The summed E-state index contributed by atoms with van der Waals surface area (Å²) >= 11 is 0. The zero-order valence-electron chi connectivity index (χ0n) is 13.9. The minimum atomic E-state index is -3.73. The molecule has 0 amide bonds. The van der Waals surface area contributed by atoms with Crippen LogP contribution in [0.25, 0.3) is 0 Å². The maximum atomic E-state index is 12.8. The molecule has 0 radical (unpaired) electrons. The van der Waals surface area contributed by atoms with Crippen molar-refractivity contribution < 1.29 is 18.0 Å². The van der Waals surface area contributed by atoms with Gasteiger partial charge in [-0.2, -0.15) is 0 Å². The quantitative estimate of drug-likeness (QED) is 0.691. The zero-order valence-corrected chi connectivity index (χ0v) is 14.7. The highest BCUT2D eigenvalue weighted by atomic mass is 32.2. The predicted octanol–water partition coefficient (Wildman–Crippen LogP) is 2.06. The Hall–Kier alpha value is -2.67. The molecule has 0 bridgehead atoms. The number of carbonyl (C=O) groups is 2. The first kappa shape index (κ1) is 17.2. The van der Waals surface area contributed by atoms with Gasteiger partial charge in [-0.3, -0.25) is 9.59 Å². The van der Waals surface area contributed by atoms with E-state index in [1.165, 1.54) is 18.2 Å². The lowest BCUT2D eigenvalue weighted by Gasteiger charge is -2.22. The van der Waals surface area contributed by atoms with Gasteiger partial charge >= 0.3 is 0 Å². The number of nitrogen functional groups attached to an aromatic ring is 2. The van der Waals surface area contributed by atoms with Crippen molar-refractivity contribution >= 4 is 32.8 Å². The van der Waals surface area contributed by atoms with Crippen LogP contribution in [-0.2, 0) is 9.84 Å². The Morgan fingerprint density at radius 3 is 2.00 bits per heavy atom. The van der Waals surface area contributed by atoms with Crippen molar-refractivity contribution in [3.63, 3.8) is 0 Å². The first-order valence-corrected chi connectivity index (χ1v) is 9.43. The molecule has 6 nitrogen and oxygen atoms in total. The smallest absolute Gasteiger partial charge is 0.196 e. The van der Waals surface area contributed by atoms with Crippen molar-refractivity contribution in [3.05, 3.63) is 52.6 Å². The van der Waals surface area contributed by atoms with Crippen molar-refractivity contribution in [2.45, 2.75) is 18.7 Å². The Balaban J connectivity index is 2.31. The normalized spacial score (nSPS) is 13.7. The van der Waals surface area contributed by atoms with E-state index in [1.807, 2.05) is 0 Å². The number of rotatable bonds is 3. The maximum absolute atomic E-state index is 12.8. The SMILES string of the molecule is CC(C)CS(=O)(=O)c1cc(N)c2c(c1N)C(=O)c1ccccc1C2=O. The van der Waals surface area contributed by atoms with Gasteiger partial charge in [-0.05, 0) is 12.0 Å². The maximum Gasteiger partial charge on any atom is 0.196 e. The monoisotopic (exact) mass is 358 g/mol. The van der Waals surface area contributed by atoms with E-state index in [9.17, 15) is 18.0 Å². The van der Waals surface area contributed by atoms with Gasteiger partial charge in [0.2, 0.25) is 0 Å². The standard InChI is InChI=1S/C18H18N2O4S/c1-9(2)8-25(23,24)13-7-12(19)14-15(16(13)20)18(22)11-6-4-3-5-10(11)17(14)21/h3-7,9H,8,19-20H2,1-2H3. The molecule has 2 aromatic rings. The minimum absolute atomic E-state index is 0.0234. The van der Waals surface area contributed by atoms with Gasteiger partial charge in [0, 0.05) is 16.8 Å². The molecule has 7 heteroatoms. The molecule has 0 atom stereocenters. The highest BCUT2D eigenvalue weighted by Gasteiger charge is 2.36. The third-order valence-corrected chi connectivity index (χ3v) is 6.23. The number of hydrogen-bond donors (Lipinski definition) is 2. The summed E-state index contributed by atoms with van der Waals surface area (Å²) in [5, 5.41) is 0. The van der Waals surface area contributed by atoms with Crippen LogP contribution in [0.3, 0.4) is 0 Å². The molecule has 1 aliphatic carbocycles. The molecule has 2 aromatic carbocycles. The highest BCUT2D eigenvalue weighted by molar-refractivity contribution is 7.91. The molecule has 0 heterocycles. The van der Waals surface area contributed by atoms with E-state index in [4.69, 9.17) is 11.5 Å². The Kier molecular flexibility index (Phi) is 3.91.